The van der Waals surface area contributed by atoms with E-state index in [0.717, 1.165) is 12.8 Å². The maximum Gasteiger partial charge on any atom is 0.268 e. The quantitative estimate of drug-likeness (QED) is 0.742. The average molecular weight is 257 g/mol. The first-order valence-electron chi connectivity index (χ1n) is 4.87. The fourth-order valence-corrected chi connectivity index (χ4v) is 1.97. The number of ether oxygens (including phenoxy) is 1. The summed E-state index contributed by atoms with van der Waals surface area (Å²) >= 11 is 0. The topological polar surface area (TPSA) is 125 Å². The zero-order valence-corrected chi connectivity index (χ0v) is 9.61. The molecule has 1 heterocycles. The van der Waals surface area contributed by atoms with Crippen molar-refractivity contribution in [3.63, 3.8) is 0 Å². The predicted octanol–water partition coefficient (Wildman–Crippen LogP) is -0.631. The Labute approximate surface area is 97.8 Å². The zero-order valence-electron chi connectivity index (χ0n) is 8.79. The Morgan fingerprint density at radius 1 is 1.47 bits per heavy atom. The van der Waals surface area contributed by atoms with Crippen LogP contribution < -0.4 is 15.6 Å². The van der Waals surface area contributed by atoms with Crippen LogP contribution in [0.25, 0.3) is 0 Å². The predicted molar refractivity (Wildman–Crippen MR) is 57.8 cm³/mol. The monoisotopic (exact) mass is 257 g/mol. The SMILES string of the molecule is NC(=O)c1ncc(OC2CC2)cc1S(N)(=O)=O. The number of amides is 1. The van der Waals surface area contributed by atoms with E-state index in [2.05, 4.69) is 4.98 Å². The maximum absolute atomic E-state index is 11.3. The molecule has 1 aromatic heterocycles. The molecule has 92 valence electrons. The van der Waals surface area contributed by atoms with Crippen molar-refractivity contribution in [1.82, 2.24) is 4.98 Å². The van der Waals surface area contributed by atoms with Gasteiger partial charge in [0.1, 0.15) is 16.3 Å². The van der Waals surface area contributed by atoms with E-state index in [1.807, 2.05) is 0 Å². The van der Waals surface area contributed by atoms with E-state index in [0.29, 0.717) is 0 Å². The fraction of sp³-hybridized carbons (Fsp3) is 0.333. The Balaban J connectivity index is 2.45. The van der Waals surface area contributed by atoms with Gasteiger partial charge in [0.15, 0.2) is 0 Å². The highest BCUT2D eigenvalue weighted by Gasteiger charge is 2.26. The lowest BCUT2D eigenvalue weighted by molar-refractivity contribution is 0.0992. The largest absolute Gasteiger partial charge is 0.489 e. The van der Waals surface area contributed by atoms with E-state index in [1.54, 1.807) is 0 Å². The number of hydrogen-bond donors (Lipinski definition) is 2. The Bertz CT molecular complexity index is 566. The number of primary sulfonamides is 1. The molecular formula is C9H11N3O4S. The first kappa shape index (κ1) is 11.8. The summed E-state index contributed by atoms with van der Waals surface area (Å²) in [6, 6.07) is 1.17. The Morgan fingerprint density at radius 3 is 2.59 bits per heavy atom. The van der Waals surface area contributed by atoms with Crippen LogP contribution in [-0.4, -0.2) is 25.4 Å². The van der Waals surface area contributed by atoms with Crippen LogP contribution in [0.5, 0.6) is 5.75 Å². The summed E-state index contributed by atoms with van der Waals surface area (Å²) in [6.07, 6.45) is 3.18. The Morgan fingerprint density at radius 2 is 2.12 bits per heavy atom. The fourth-order valence-electron chi connectivity index (χ4n) is 1.27. The molecule has 1 aliphatic rings. The van der Waals surface area contributed by atoms with Gasteiger partial charge in [-0.25, -0.2) is 18.5 Å². The first-order chi connectivity index (χ1) is 7.88. The van der Waals surface area contributed by atoms with E-state index >= 15 is 0 Å². The lowest BCUT2D eigenvalue weighted by Gasteiger charge is -2.07. The molecule has 0 spiro atoms. The zero-order chi connectivity index (χ0) is 12.6. The average Bonchev–Trinajstić information content (AvgIpc) is 3.00. The number of primary amides is 1. The van der Waals surface area contributed by atoms with Crippen LogP contribution in [0.15, 0.2) is 17.2 Å². The van der Waals surface area contributed by atoms with Crippen LogP contribution in [-0.2, 0) is 10.0 Å². The van der Waals surface area contributed by atoms with E-state index in [4.69, 9.17) is 15.6 Å². The second-order valence-electron chi connectivity index (χ2n) is 3.74. The molecular weight excluding hydrogens is 246 g/mol. The summed E-state index contributed by atoms with van der Waals surface area (Å²) in [6.45, 7) is 0. The van der Waals surface area contributed by atoms with Crippen molar-refractivity contribution < 1.29 is 17.9 Å². The maximum atomic E-state index is 11.3. The number of carbonyl (C=O) groups is 1. The molecule has 1 amide bonds. The van der Waals surface area contributed by atoms with Crippen LogP contribution in [0, 0.1) is 0 Å². The molecule has 0 aromatic carbocycles. The molecule has 0 unspecified atom stereocenters. The molecule has 7 nitrogen and oxygen atoms in total. The number of hydrogen-bond acceptors (Lipinski definition) is 5. The van der Waals surface area contributed by atoms with Crippen LogP contribution in [0.3, 0.4) is 0 Å². The molecule has 2 rings (SSSR count). The van der Waals surface area contributed by atoms with Crippen LogP contribution in [0.2, 0.25) is 0 Å². The molecule has 0 aliphatic heterocycles. The number of pyridine rings is 1. The first-order valence-corrected chi connectivity index (χ1v) is 6.42. The van der Waals surface area contributed by atoms with Gasteiger partial charge in [-0.2, -0.15) is 0 Å². The highest BCUT2D eigenvalue weighted by Crippen LogP contribution is 2.28. The summed E-state index contributed by atoms with van der Waals surface area (Å²) in [5.41, 5.74) is 4.63. The molecule has 0 bridgehead atoms. The third-order valence-electron chi connectivity index (χ3n) is 2.19. The third kappa shape index (κ3) is 2.71. The number of nitrogens with two attached hydrogens (primary N) is 2. The van der Waals surface area contributed by atoms with Gasteiger partial charge in [-0.1, -0.05) is 0 Å². The molecule has 4 N–H and O–H groups in total. The Kier molecular flexibility index (Phi) is 2.76. The van der Waals surface area contributed by atoms with Crippen molar-refractivity contribution >= 4 is 15.9 Å². The molecule has 0 radical (unpaired) electrons. The highest BCUT2D eigenvalue weighted by atomic mass is 32.2. The van der Waals surface area contributed by atoms with E-state index < -0.39 is 20.8 Å². The van der Waals surface area contributed by atoms with Gasteiger partial charge in [0.2, 0.25) is 10.0 Å². The number of aromatic nitrogens is 1. The molecule has 0 atom stereocenters. The molecule has 17 heavy (non-hydrogen) atoms. The van der Waals surface area contributed by atoms with Gasteiger partial charge in [-0.3, -0.25) is 4.79 Å². The molecule has 0 saturated heterocycles. The Hall–Kier alpha value is -1.67. The van der Waals surface area contributed by atoms with Gasteiger partial charge in [-0.15, -0.1) is 0 Å². The minimum atomic E-state index is -4.06. The molecule has 1 aromatic rings. The van der Waals surface area contributed by atoms with Crippen molar-refractivity contribution in [3.05, 3.63) is 18.0 Å². The normalized spacial score (nSPS) is 15.6. The van der Waals surface area contributed by atoms with E-state index in [9.17, 15) is 13.2 Å². The van der Waals surface area contributed by atoms with Gasteiger partial charge < -0.3 is 10.5 Å². The van der Waals surface area contributed by atoms with Gasteiger partial charge in [-0.05, 0) is 12.8 Å². The van der Waals surface area contributed by atoms with Crippen molar-refractivity contribution in [1.29, 1.82) is 0 Å². The van der Waals surface area contributed by atoms with Gasteiger partial charge in [0.05, 0.1) is 12.3 Å². The van der Waals surface area contributed by atoms with Crippen molar-refractivity contribution in [3.8, 4) is 5.75 Å². The summed E-state index contributed by atoms with van der Waals surface area (Å²) in [4.78, 5) is 14.3. The van der Waals surface area contributed by atoms with Gasteiger partial charge in [0, 0.05) is 6.07 Å². The van der Waals surface area contributed by atoms with Crippen LogP contribution >= 0.6 is 0 Å². The van der Waals surface area contributed by atoms with Crippen molar-refractivity contribution in [2.75, 3.05) is 0 Å². The van der Waals surface area contributed by atoms with E-state index in [1.165, 1.54) is 12.3 Å². The summed E-state index contributed by atoms with van der Waals surface area (Å²) < 4.78 is 27.9. The molecule has 1 saturated carbocycles. The van der Waals surface area contributed by atoms with Crippen molar-refractivity contribution in [2.24, 2.45) is 10.9 Å². The standard InChI is InChI=1S/C9H11N3O4S/c10-9(13)8-7(17(11,14)15)3-6(4-12-8)16-5-1-2-5/h3-5H,1-2H2,(H2,10,13)(H2,11,14,15). The van der Waals surface area contributed by atoms with Gasteiger partial charge in [0.25, 0.3) is 5.91 Å². The highest BCUT2D eigenvalue weighted by molar-refractivity contribution is 7.89. The van der Waals surface area contributed by atoms with Gasteiger partial charge >= 0.3 is 0 Å². The number of sulfonamides is 1. The lowest BCUT2D eigenvalue weighted by atomic mass is 10.3. The molecule has 8 heteroatoms. The minimum Gasteiger partial charge on any atom is -0.489 e. The van der Waals surface area contributed by atoms with Crippen molar-refractivity contribution in [2.45, 2.75) is 23.8 Å². The molecule has 1 aliphatic carbocycles. The number of rotatable bonds is 4. The van der Waals surface area contributed by atoms with E-state index in [-0.39, 0.29) is 17.5 Å². The number of carbonyl (C=O) groups excluding carboxylic acids is 1. The van der Waals surface area contributed by atoms with Crippen LogP contribution in [0.4, 0.5) is 0 Å². The lowest BCUT2D eigenvalue weighted by Crippen LogP contribution is -2.22. The van der Waals surface area contributed by atoms with Crippen LogP contribution in [0.1, 0.15) is 23.3 Å². The number of nitrogens with zero attached hydrogens (tertiary/aromatic N) is 1. The summed E-state index contributed by atoms with van der Waals surface area (Å²) in [5, 5.41) is 4.98. The summed E-state index contributed by atoms with van der Waals surface area (Å²) in [7, 11) is -4.06. The second kappa shape index (κ2) is 3.97. The third-order valence-corrected chi connectivity index (χ3v) is 3.12. The minimum absolute atomic E-state index is 0.0876. The second-order valence-corrected chi connectivity index (χ2v) is 5.27. The smallest absolute Gasteiger partial charge is 0.268 e. The summed E-state index contributed by atoms with van der Waals surface area (Å²) in [5.74, 6) is -0.687. The molecule has 1 fully saturated rings.